The molecule has 0 aliphatic carbocycles. The number of aliphatic hydroxyl groups is 1. The summed E-state index contributed by atoms with van der Waals surface area (Å²) in [4.78, 5) is 9.01. The Hall–Kier alpha value is -0.650. The summed E-state index contributed by atoms with van der Waals surface area (Å²) in [7, 11) is 0. The number of thioether (sulfide) groups is 1. The van der Waals surface area contributed by atoms with Gasteiger partial charge in [-0.3, -0.25) is 0 Å². The molecule has 2 heterocycles. The second-order valence-electron chi connectivity index (χ2n) is 5.22. The maximum absolute atomic E-state index is 10.4. The van der Waals surface area contributed by atoms with Crippen LogP contribution in [-0.2, 0) is 0 Å². The third kappa shape index (κ3) is 2.84. The topological polar surface area (TPSA) is 58.0 Å². The van der Waals surface area contributed by atoms with Crippen LogP contribution < -0.4 is 5.32 Å². The summed E-state index contributed by atoms with van der Waals surface area (Å²) in [6, 6.07) is 0. The summed E-state index contributed by atoms with van der Waals surface area (Å²) in [5.41, 5.74) is 2.54. The van der Waals surface area contributed by atoms with E-state index in [1.54, 1.807) is 11.8 Å². The lowest BCUT2D eigenvalue weighted by molar-refractivity contribution is 0.0354. The molecule has 100 valence electrons. The normalized spacial score (nSPS) is 28.4. The van der Waals surface area contributed by atoms with E-state index in [-0.39, 0.29) is 5.25 Å². The van der Waals surface area contributed by atoms with Crippen LogP contribution in [0, 0.1) is 20.8 Å². The number of rotatable bonds is 2. The van der Waals surface area contributed by atoms with Crippen molar-refractivity contribution in [3.63, 3.8) is 0 Å². The van der Waals surface area contributed by atoms with Crippen LogP contribution in [0.2, 0.25) is 0 Å². The van der Waals surface area contributed by atoms with Crippen molar-refractivity contribution in [2.75, 3.05) is 13.1 Å². The van der Waals surface area contributed by atoms with Crippen LogP contribution in [0.4, 0.5) is 0 Å². The molecule has 1 aromatic heterocycles. The van der Waals surface area contributed by atoms with Gasteiger partial charge in [-0.05, 0) is 46.2 Å². The van der Waals surface area contributed by atoms with E-state index in [0.29, 0.717) is 0 Å². The fourth-order valence-electron chi connectivity index (χ4n) is 2.05. The molecule has 2 rings (SSSR count). The summed E-state index contributed by atoms with van der Waals surface area (Å²) < 4.78 is 0. The van der Waals surface area contributed by atoms with Crippen molar-refractivity contribution in [3.05, 3.63) is 17.0 Å². The van der Waals surface area contributed by atoms with E-state index in [1.807, 2.05) is 27.7 Å². The zero-order valence-electron chi connectivity index (χ0n) is 11.4. The van der Waals surface area contributed by atoms with E-state index in [4.69, 9.17) is 0 Å². The molecule has 1 aliphatic rings. The summed E-state index contributed by atoms with van der Waals surface area (Å²) in [5.74, 6) is 0. The van der Waals surface area contributed by atoms with Crippen LogP contribution >= 0.6 is 11.8 Å². The minimum Gasteiger partial charge on any atom is -0.389 e. The first-order valence-corrected chi connectivity index (χ1v) is 7.20. The van der Waals surface area contributed by atoms with Crippen molar-refractivity contribution in [1.29, 1.82) is 0 Å². The zero-order valence-corrected chi connectivity index (χ0v) is 12.3. The summed E-state index contributed by atoms with van der Waals surface area (Å²) in [6.45, 7) is 9.62. The molecule has 2 atom stereocenters. The first-order chi connectivity index (χ1) is 8.40. The lowest BCUT2D eigenvalue weighted by atomic mass is 9.94. The highest BCUT2D eigenvalue weighted by molar-refractivity contribution is 7.99. The van der Waals surface area contributed by atoms with Crippen molar-refractivity contribution in [1.82, 2.24) is 15.3 Å². The molecule has 0 saturated carbocycles. The minimum absolute atomic E-state index is 0.104. The summed E-state index contributed by atoms with van der Waals surface area (Å²) in [6.07, 6.45) is 0.772. The first kappa shape index (κ1) is 13.8. The smallest absolute Gasteiger partial charge is 0.188 e. The highest BCUT2D eigenvalue weighted by atomic mass is 32.2. The van der Waals surface area contributed by atoms with Crippen LogP contribution in [0.3, 0.4) is 0 Å². The molecule has 1 fully saturated rings. The molecule has 5 heteroatoms. The molecule has 1 saturated heterocycles. The third-order valence-electron chi connectivity index (χ3n) is 3.69. The van der Waals surface area contributed by atoms with Crippen molar-refractivity contribution < 1.29 is 5.11 Å². The average molecular weight is 267 g/mol. The molecule has 4 nitrogen and oxygen atoms in total. The number of aryl methyl sites for hydroxylation is 2. The number of hydrogen-bond donors (Lipinski definition) is 2. The van der Waals surface area contributed by atoms with Crippen molar-refractivity contribution in [2.45, 2.75) is 50.1 Å². The predicted molar refractivity (Wildman–Crippen MR) is 74.0 cm³/mol. The van der Waals surface area contributed by atoms with E-state index in [9.17, 15) is 5.11 Å². The Labute approximate surface area is 113 Å². The van der Waals surface area contributed by atoms with Gasteiger partial charge in [0, 0.05) is 17.9 Å². The molecular formula is C13H21N3OS. The predicted octanol–water partition coefficient (Wildman–Crippen LogP) is 1.61. The number of nitrogens with zero attached hydrogens (tertiary/aromatic N) is 2. The Morgan fingerprint density at radius 1 is 1.28 bits per heavy atom. The van der Waals surface area contributed by atoms with Gasteiger partial charge in [0.2, 0.25) is 0 Å². The Bertz CT molecular complexity index is 425. The van der Waals surface area contributed by atoms with Gasteiger partial charge in [-0.2, -0.15) is 0 Å². The van der Waals surface area contributed by atoms with Crippen LogP contribution in [0.1, 0.15) is 30.3 Å². The molecule has 0 aromatic carbocycles. The third-order valence-corrected chi connectivity index (χ3v) is 5.04. The maximum atomic E-state index is 10.4. The van der Waals surface area contributed by atoms with Crippen LogP contribution in [0.5, 0.6) is 0 Å². The molecule has 18 heavy (non-hydrogen) atoms. The van der Waals surface area contributed by atoms with E-state index >= 15 is 0 Å². The molecule has 1 aromatic rings. The van der Waals surface area contributed by atoms with Crippen LogP contribution in [0.25, 0.3) is 0 Å². The number of piperidine rings is 1. The summed E-state index contributed by atoms with van der Waals surface area (Å²) in [5, 5.41) is 14.6. The van der Waals surface area contributed by atoms with Gasteiger partial charge in [0.25, 0.3) is 0 Å². The van der Waals surface area contributed by atoms with Crippen molar-refractivity contribution in [3.8, 4) is 0 Å². The summed E-state index contributed by atoms with van der Waals surface area (Å²) >= 11 is 1.57. The van der Waals surface area contributed by atoms with Gasteiger partial charge in [0.1, 0.15) is 0 Å². The van der Waals surface area contributed by atoms with Crippen molar-refractivity contribution >= 4 is 11.8 Å². The zero-order chi connectivity index (χ0) is 13.3. The molecule has 0 spiro atoms. The van der Waals surface area contributed by atoms with Gasteiger partial charge in [0.05, 0.1) is 10.9 Å². The molecule has 0 amide bonds. The molecular weight excluding hydrogens is 246 g/mol. The first-order valence-electron chi connectivity index (χ1n) is 6.32. The van der Waals surface area contributed by atoms with E-state index in [0.717, 1.165) is 41.6 Å². The highest BCUT2D eigenvalue weighted by Crippen LogP contribution is 2.32. The standard InChI is InChI=1S/C13H21N3OS/c1-8-9(2)15-12(16-10(8)3)18-11-7-14-6-5-13(11,4)17/h11,14,17H,5-7H2,1-4H3. The van der Waals surface area contributed by atoms with Gasteiger partial charge >= 0.3 is 0 Å². The second kappa shape index (κ2) is 5.15. The van der Waals surface area contributed by atoms with Gasteiger partial charge in [-0.1, -0.05) is 11.8 Å². The van der Waals surface area contributed by atoms with Gasteiger partial charge in [-0.25, -0.2) is 9.97 Å². The second-order valence-corrected chi connectivity index (χ2v) is 6.39. The Morgan fingerprint density at radius 2 is 1.89 bits per heavy atom. The SMILES string of the molecule is Cc1nc(SC2CNCCC2(C)O)nc(C)c1C. The monoisotopic (exact) mass is 267 g/mol. The number of aromatic nitrogens is 2. The number of hydrogen-bond acceptors (Lipinski definition) is 5. The quantitative estimate of drug-likeness (QED) is 0.797. The molecule has 2 N–H and O–H groups in total. The van der Waals surface area contributed by atoms with Gasteiger partial charge in [0.15, 0.2) is 5.16 Å². The maximum Gasteiger partial charge on any atom is 0.188 e. The lowest BCUT2D eigenvalue weighted by Crippen LogP contribution is -2.50. The Kier molecular flexibility index (Phi) is 3.94. The highest BCUT2D eigenvalue weighted by Gasteiger charge is 2.35. The van der Waals surface area contributed by atoms with E-state index in [2.05, 4.69) is 15.3 Å². The molecule has 0 radical (unpaired) electrons. The average Bonchev–Trinajstić information content (AvgIpc) is 2.28. The molecule has 0 bridgehead atoms. The van der Waals surface area contributed by atoms with E-state index < -0.39 is 5.60 Å². The number of nitrogens with one attached hydrogen (secondary N) is 1. The van der Waals surface area contributed by atoms with Gasteiger partial charge in [-0.15, -0.1) is 0 Å². The fraction of sp³-hybridized carbons (Fsp3) is 0.692. The van der Waals surface area contributed by atoms with Gasteiger partial charge < -0.3 is 10.4 Å². The Balaban J connectivity index is 2.18. The minimum atomic E-state index is -0.647. The van der Waals surface area contributed by atoms with E-state index in [1.165, 1.54) is 0 Å². The molecule has 1 aliphatic heterocycles. The largest absolute Gasteiger partial charge is 0.389 e. The Morgan fingerprint density at radius 3 is 2.44 bits per heavy atom. The lowest BCUT2D eigenvalue weighted by Gasteiger charge is -2.36. The fourth-order valence-corrected chi connectivity index (χ4v) is 3.25. The van der Waals surface area contributed by atoms with Crippen molar-refractivity contribution in [2.24, 2.45) is 0 Å². The van der Waals surface area contributed by atoms with Crippen LogP contribution in [0.15, 0.2) is 5.16 Å². The molecule has 2 unspecified atom stereocenters. The van der Waals surface area contributed by atoms with Crippen LogP contribution in [-0.4, -0.2) is 39.0 Å².